The van der Waals surface area contributed by atoms with Gasteiger partial charge in [0.25, 0.3) is 0 Å². The van der Waals surface area contributed by atoms with Crippen LogP contribution in [-0.2, 0) is 14.3 Å². The van der Waals surface area contributed by atoms with E-state index in [1.54, 1.807) is 27.8 Å². The molecule has 0 aliphatic rings. The molecule has 3 amide bonds. The van der Waals surface area contributed by atoms with Crippen LogP contribution >= 0.6 is 0 Å². The van der Waals surface area contributed by atoms with Crippen LogP contribution in [0, 0.1) is 19.8 Å². The van der Waals surface area contributed by atoms with E-state index in [2.05, 4.69) is 10.6 Å². The molecule has 0 radical (unpaired) electrons. The van der Waals surface area contributed by atoms with E-state index in [0.717, 1.165) is 16.7 Å². The summed E-state index contributed by atoms with van der Waals surface area (Å²) in [7, 11) is 1.61. The molecule has 186 valence electrons. The van der Waals surface area contributed by atoms with Crippen molar-refractivity contribution in [3.63, 3.8) is 0 Å². The van der Waals surface area contributed by atoms with Crippen LogP contribution in [0.5, 0.6) is 0 Å². The highest BCUT2D eigenvalue weighted by Crippen LogP contribution is 2.25. The molecule has 1 rings (SSSR count). The number of aryl methyl sites for hydroxylation is 2. The van der Waals surface area contributed by atoms with Gasteiger partial charge in [0.05, 0.1) is 0 Å². The lowest BCUT2D eigenvalue weighted by molar-refractivity contribution is -0.141. The number of rotatable bonds is 7. The van der Waals surface area contributed by atoms with E-state index in [4.69, 9.17) is 4.74 Å². The fraction of sp³-hybridized carbons (Fsp3) is 0.654. The van der Waals surface area contributed by atoms with Crippen molar-refractivity contribution < 1.29 is 19.1 Å². The molecule has 0 fully saturated rings. The van der Waals surface area contributed by atoms with Gasteiger partial charge in [0.1, 0.15) is 17.7 Å². The molecule has 7 nitrogen and oxygen atoms in total. The van der Waals surface area contributed by atoms with E-state index >= 15 is 0 Å². The number of hydrogen-bond donors (Lipinski definition) is 2. The Morgan fingerprint density at radius 3 is 1.91 bits per heavy atom. The predicted octanol–water partition coefficient (Wildman–Crippen LogP) is 4.66. The van der Waals surface area contributed by atoms with Crippen molar-refractivity contribution in [2.24, 2.45) is 5.92 Å². The first-order valence-electron chi connectivity index (χ1n) is 11.6. The van der Waals surface area contributed by atoms with Gasteiger partial charge >= 0.3 is 6.09 Å². The van der Waals surface area contributed by atoms with Crippen LogP contribution in [0.25, 0.3) is 0 Å². The number of nitrogens with zero attached hydrogens (tertiary/aromatic N) is 1. The maximum absolute atomic E-state index is 13.6. The minimum absolute atomic E-state index is 0.144. The summed E-state index contributed by atoms with van der Waals surface area (Å²) < 4.78 is 5.37. The van der Waals surface area contributed by atoms with E-state index in [1.165, 1.54) is 4.90 Å². The molecule has 2 atom stereocenters. The van der Waals surface area contributed by atoms with Gasteiger partial charge < -0.3 is 20.3 Å². The average Bonchev–Trinajstić information content (AvgIpc) is 2.55. The second-order valence-electron chi connectivity index (χ2n) is 11.3. The van der Waals surface area contributed by atoms with Gasteiger partial charge in [0, 0.05) is 12.6 Å². The van der Waals surface area contributed by atoms with Crippen LogP contribution < -0.4 is 10.6 Å². The molecule has 0 saturated heterocycles. The Hall–Kier alpha value is -2.57. The van der Waals surface area contributed by atoms with Gasteiger partial charge in [-0.2, -0.15) is 0 Å². The van der Waals surface area contributed by atoms with E-state index in [0.29, 0.717) is 6.42 Å². The zero-order valence-electron chi connectivity index (χ0n) is 22.3. The third-order valence-corrected chi connectivity index (χ3v) is 4.74. The summed E-state index contributed by atoms with van der Waals surface area (Å²) in [6, 6.07) is 4.20. The number of alkyl carbamates (subject to hydrolysis) is 1. The van der Waals surface area contributed by atoms with E-state index in [9.17, 15) is 14.4 Å². The van der Waals surface area contributed by atoms with Gasteiger partial charge in [-0.1, -0.05) is 43.2 Å². The number of nitrogens with one attached hydrogen (secondary N) is 2. The number of benzene rings is 1. The summed E-state index contributed by atoms with van der Waals surface area (Å²) in [5.74, 6) is -0.475. The fourth-order valence-electron chi connectivity index (χ4n) is 3.67. The molecular weight excluding hydrogens is 418 g/mol. The smallest absolute Gasteiger partial charge is 0.408 e. The molecular formula is C26H43N3O4. The molecule has 0 aliphatic carbocycles. The molecule has 0 heterocycles. The maximum atomic E-state index is 13.6. The zero-order valence-corrected chi connectivity index (χ0v) is 22.3. The number of carbonyl (C=O) groups excluding carboxylic acids is 3. The zero-order chi connectivity index (χ0) is 25.7. The van der Waals surface area contributed by atoms with Crippen LogP contribution in [0.15, 0.2) is 18.2 Å². The predicted molar refractivity (Wildman–Crippen MR) is 132 cm³/mol. The monoisotopic (exact) mass is 461 g/mol. The van der Waals surface area contributed by atoms with Crippen molar-refractivity contribution in [2.45, 2.75) is 98.9 Å². The van der Waals surface area contributed by atoms with Gasteiger partial charge in [-0.25, -0.2) is 4.79 Å². The Balaban J connectivity index is 3.35. The standard InChI is InChI=1S/C26H43N3O4/c1-16(2)12-20(27-24(32)33-26(8,9)10)23(31)29(11)21(22(30)28-25(5,6)7)19-14-17(3)13-18(4)15-19/h13-16,20-21H,12H2,1-11H3,(H,27,32)(H,28,30). The molecule has 0 spiro atoms. The first-order chi connectivity index (χ1) is 14.9. The Bertz CT molecular complexity index is 830. The van der Waals surface area contributed by atoms with Crippen LogP contribution in [0.1, 0.15) is 84.5 Å². The Labute approximate surface area is 199 Å². The molecule has 0 saturated carbocycles. The van der Waals surface area contributed by atoms with Gasteiger partial charge in [0.2, 0.25) is 11.8 Å². The van der Waals surface area contributed by atoms with Crippen LogP contribution in [0.2, 0.25) is 0 Å². The van der Waals surface area contributed by atoms with Gasteiger partial charge in [-0.15, -0.1) is 0 Å². The Kier molecular flexibility index (Phi) is 9.52. The molecule has 0 aromatic heterocycles. The Morgan fingerprint density at radius 2 is 1.48 bits per heavy atom. The minimum Gasteiger partial charge on any atom is -0.444 e. The highest BCUT2D eigenvalue weighted by atomic mass is 16.6. The summed E-state index contributed by atoms with van der Waals surface area (Å²) in [5, 5.41) is 5.72. The molecule has 1 aromatic carbocycles. The van der Waals surface area contributed by atoms with Crippen molar-refractivity contribution >= 4 is 17.9 Å². The largest absolute Gasteiger partial charge is 0.444 e. The normalized spacial score (nSPS) is 13.8. The molecule has 0 bridgehead atoms. The lowest BCUT2D eigenvalue weighted by Gasteiger charge is -2.34. The van der Waals surface area contributed by atoms with Crippen LogP contribution in [0.4, 0.5) is 4.79 Å². The maximum Gasteiger partial charge on any atom is 0.408 e. The number of ether oxygens (including phenoxy) is 1. The summed E-state index contributed by atoms with van der Waals surface area (Å²) in [4.78, 5) is 40.9. The number of likely N-dealkylation sites (N-methyl/N-ethyl adjacent to an activating group) is 1. The highest BCUT2D eigenvalue weighted by molar-refractivity contribution is 5.92. The van der Waals surface area contributed by atoms with E-state index in [1.807, 2.05) is 66.7 Å². The van der Waals surface area contributed by atoms with Crippen LogP contribution in [0.3, 0.4) is 0 Å². The summed E-state index contributed by atoms with van der Waals surface area (Å²) in [5.41, 5.74) is 1.58. The number of amides is 3. The molecule has 33 heavy (non-hydrogen) atoms. The first-order valence-corrected chi connectivity index (χ1v) is 11.6. The summed E-state index contributed by atoms with van der Waals surface area (Å²) in [6.07, 6.45) is -0.236. The van der Waals surface area contributed by atoms with Crippen molar-refractivity contribution in [3.05, 3.63) is 34.9 Å². The van der Waals surface area contributed by atoms with Crippen LogP contribution in [-0.4, -0.2) is 47.0 Å². The van der Waals surface area contributed by atoms with Crippen molar-refractivity contribution in [2.75, 3.05) is 7.05 Å². The van der Waals surface area contributed by atoms with Crippen molar-refractivity contribution in [1.29, 1.82) is 0 Å². The lowest BCUT2D eigenvalue weighted by atomic mass is 9.96. The quantitative estimate of drug-likeness (QED) is 0.618. The van der Waals surface area contributed by atoms with E-state index in [-0.39, 0.29) is 17.7 Å². The SMILES string of the molecule is Cc1cc(C)cc(C(C(=O)NC(C)(C)C)N(C)C(=O)C(CC(C)C)NC(=O)OC(C)(C)C)c1. The molecule has 7 heteroatoms. The molecule has 0 aliphatic heterocycles. The fourth-order valence-corrected chi connectivity index (χ4v) is 3.67. The Morgan fingerprint density at radius 1 is 0.970 bits per heavy atom. The second kappa shape index (κ2) is 11.0. The van der Waals surface area contributed by atoms with Gasteiger partial charge in [0.15, 0.2) is 0 Å². The molecule has 2 unspecified atom stereocenters. The van der Waals surface area contributed by atoms with Gasteiger partial charge in [-0.05, 0) is 73.3 Å². The second-order valence-corrected chi connectivity index (χ2v) is 11.3. The van der Waals surface area contributed by atoms with E-state index < -0.39 is 29.3 Å². The third kappa shape index (κ3) is 9.84. The first kappa shape index (κ1) is 28.5. The molecule has 2 N–H and O–H groups in total. The number of carbonyl (C=O) groups is 3. The topological polar surface area (TPSA) is 87.7 Å². The highest BCUT2D eigenvalue weighted by Gasteiger charge is 2.35. The summed E-state index contributed by atoms with van der Waals surface area (Å²) >= 11 is 0. The third-order valence-electron chi connectivity index (χ3n) is 4.74. The minimum atomic E-state index is -0.842. The van der Waals surface area contributed by atoms with Gasteiger partial charge in [-0.3, -0.25) is 9.59 Å². The average molecular weight is 462 g/mol. The van der Waals surface area contributed by atoms with Crippen molar-refractivity contribution in [3.8, 4) is 0 Å². The molecule has 1 aromatic rings. The van der Waals surface area contributed by atoms with Crippen molar-refractivity contribution in [1.82, 2.24) is 15.5 Å². The lowest BCUT2D eigenvalue weighted by Crippen LogP contribution is -2.53. The number of hydrogen-bond acceptors (Lipinski definition) is 4. The summed E-state index contributed by atoms with van der Waals surface area (Å²) in [6.45, 7) is 18.9.